The van der Waals surface area contributed by atoms with Gasteiger partial charge in [-0.25, -0.2) is 4.68 Å². The zero-order valence-corrected chi connectivity index (χ0v) is 12.6. The second-order valence-corrected chi connectivity index (χ2v) is 5.45. The van der Waals surface area contributed by atoms with Gasteiger partial charge >= 0.3 is 0 Å². The molecule has 6 heteroatoms. The van der Waals surface area contributed by atoms with Gasteiger partial charge in [-0.2, -0.15) is 5.10 Å². The smallest absolute Gasteiger partial charge is 0.199 e. The lowest BCUT2D eigenvalue weighted by molar-refractivity contribution is 0.223. The molecule has 0 spiro atoms. The summed E-state index contributed by atoms with van der Waals surface area (Å²) in [6.07, 6.45) is 0.981. The fourth-order valence-corrected chi connectivity index (χ4v) is 2.35. The quantitative estimate of drug-likeness (QED) is 0.770. The van der Waals surface area contributed by atoms with Crippen LogP contribution in [0.25, 0.3) is 0 Å². The van der Waals surface area contributed by atoms with Gasteiger partial charge < -0.3 is 9.67 Å². The Balaban J connectivity index is 2.86. The first-order chi connectivity index (χ1) is 8.49. The third kappa shape index (κ3) is 3.90. The van der Waals surface area contributed by atoms with E-state index in [1.807, 2.05) is 4.57 Å². The Hall–Kier alpha value is -0.720. The minimum Gasteiger partial charge on any atom is -0.388 e. The molecule has 1 heterocycles. The first-order valence-corrected chi connectivity index (χ1v) is 6.86. The fraction of sp³-hybridized carbons (Fsp3) is 0.833. The zero-order chi connectivity index (χ0) is 13.7. The maximum atomic E-state index is 9.31. The van der Waals surface area contributed by atoms with Crippen molar-refractivity contribution in [1.82, 2.24) is 19.2 Å². The van der Waals surface area contributed by atoms with Gasteiger partial charge in [0.25, 0.3) is 0 Å². The highest BCUT2D eigenvalue weighted by atomic mass is 32.1. The summed E-state index contributed by atoms with van der Waals surface area (Å²) in [5.74, 6) is 1.26. The van der Waals surface area contributed by atoms with Gasteiger partial charge in [-0.3, -0.25) is 4.90 Å². The van der Waals surface area contributed by atoms with Crippen molar-refractivity contribution in [2.24, 2.45) is 5.92 Å². The van der Waals surface area contributed by atoms with E-state index in [0.717, 1.165) is 19.5 Å². The number of aliphatic hydroxyl groups excluding tert-OH is 1. The highest BCUT2D eigenvalue weighted by Crippen LogP contribution is 2.05. The summed E-state index contributed by atoms with van der Waals surface area (Å²) in [4.78, 5) is 2.19. The van der Waals surface area contributed by atoms with Crippen molar-refractivity contribution in [3.05, 3.63) is 10.6 Å². The molecule has 5 nitrogen and oxygen atoms in total. The van der Waals surface area contributed by atoms with Gasteiger partial charge in [-0.05, 0) is 31.6 Å². The third-order valence-corrected chi connectivity index (χ3v) is 3.07. The summed E-state index contributed by atoms with van der Waals surface area (Å²) in [5, 5.41) is 13.7. The Morgan fingerprint density at radius 1 is 1.44 bits per heavy atom. The molecule has 0 aliphatic heterocycles. The van der Waals surface area contributed by atoms with Gasteiger partial charge in [0.1, 0.15) is 6.61 Å². The van der Waals surface area contributed by atoms with Gasteiger partial charge in [0.2, 0.25) is 0 Å². The summed E-state index contributed by atoms with van der Waals surface area (Å²) < 4.78 is 4.40. The second-order valence-electron chi connectivity index (χ2n) is 5.08. The molecule has 0 atom stereocenters. The molecular weight excluding hydrogens is 248 g/mol. The van der Waals surface area contributed by atoms with Crippen LogP contribution >= 0.6 is 12.2 Å². The van der Waals surface area contributed by atoms with Crippen LogP contribution in [0.5, 0.6) is 0 Å². The Morgan fingerprint density at radius 2 is 2.11 bits per heavy atom. The lowest BCUT2D eigenvalue weighted by Crippen LogP contribution is -2.26. The van der Waals surface area contributed by atoms with E-state index in [0.29, 0.717) is 23.2 Å². The maximum absolute atomic E-state index is 9.31. The van der Waals surface area contributed by atoms with Crippen molar-refractivity contribution in [2.45, 2.75) is 47.0 Å². The van der Waals surface area contributed by atoms with Crippen LogP contribution in [0.1, 0.15) is 33.0 Å². The second kappa shape index (κ2) is 7.01. The molecule has 0 bridgehead atoms. The van der Waals surface area contributed by atoms with Gasteiger partial charge in [0, 0.05) is 13.1 Å². The lowest BCUT2D eigenvalue weighted by Gasteiger charge is -2.18. The van der Waals surface area contributed by atoms with Crippen LogP contribution in [0.2, 0.25) is 0 Å². The first kappa shape index (κ1) is 15.3. The summed E-state index contributed by atoms with van der Waals surface area (Å²) in [5.41, 5.74) is 0. The molecule has 0 radical (unpaired) electrons. The van der Waals surface area contributed by atoms with Crippen LogP contribution in [0.4, 0.5) is 0 Å². The van der Waals surface area contributed by atoms with Crippen LogP contribution in [0.3, 0.4) is 0 Å². The predicted molar refractivity (Wildman–Crippen MR) is 74.7 cm³/mol. The summed E-state index contributed by atoms with van der Waals surface area (Å²) >= 11 is 5.40. The molecule has 1 aromatic heterocycles. The van der Waals surface area contributed by atoms with Crippen molar-refractivity contribution in [1.29, 1.82) is 0 Å². The first-order valence-electron chi connectivity index (χ1n) is 6.45. The predicted octanol–water partition coefficient (Wildman–Crippen LogP) is 1.86. The van der Waals surface area contributed by atoms with Crippen molar-refractivity contribution >= 4 is 12.2 Å². The number of rotatable bonds is 7. The number of nitrogens with zero attached hydrogens (tertiary/aromatic N) is 4. The maximum Gasteiger partial charge on any atom is 0.199 e. The van der Waals surface area contributed by atoms with E-state index in [1.165, 1.54) is 0 Å². The van der Waals surface area contributed by atoms with E-state index in [1.54, 1.807) is 4.68 Å². The number of aromatic nitrogens is 3. The average Bonchev–Trinajstić information content (AvgIpc) is 2.57. The Morgan fingerprint density at radius 3 is 2.61 bits per heavy atom. The summed E-state index contributed by atoms with van der Waals surface area (Å²) in [6.45, 7) is 8.87. The molecule has 0 aliphatic rings. The Bertz CT molecular complexity index is 424. The lowest BCUT2D eigenvalue weighted by atomic mass is 10.2. The van der Waals surface area contributed by atoms with Crippen molar-refractivity contribution < 1.29 is 5.11 Å². The molecular formula is C12H24N4OS. The third-order valence-electron chi connectivity index (χ3n) is 2.64. The Kier molecular flexibility index (Phi) is 5.98. The largest absolute Gasteiger partial charge is 0.388 e. The molecule has 1 aromatic rings. The number of hydrogen-bond acceptors (Lipinski definition) is 4. The molecule has 0 aliphatic carbocycles. The molecule has 1 rings (SSSR count). The van der Waals surface area contributed by atoms with E-state index in [-0.39, 0.29) is 6.61 Å². The fourth-order valence-electron chi connectivity index (χ4n) is 2.05. The van der Waals surface area contributed by atoms with Gasteiger partial charge in [-0.15, -0.1) is 0 Å². The zero-order valence-electron chi connectivity index (χ0n) is 11.8. The normalized spacial score (nSPS) is 11.7. The summed E-state index contributed by atoms with van der Waals surface area (Å²) in [6, 6.07) is 0. The topological polar surface area (TPSA) is 46.2 Å². The van der Waals surface area contributed by atoms with E-state index >= 15 is 0 Å². The van der Waals surface area contributed by atoms with Gasteiger partial charge in [-0.1, -0.05) is 20.8 Å². The number of aliphatic hydroxyl groups is 1. The monoisotopic (exact) mass is 272 g/mol. The van der Waals surface area contributed by atoms with Crippen LogP contribution in [0, 0.1) is 10.7 Å². The average molecular weight is 272 g/mol. The van der Waals surface area contributed by atoms with Gasteiger partial charge in [0.05, 0.1) is 6.67 Å². The van der Waals surface area contributed by atoms with Crippen LogP contribution in [0.15, 0.2) is 0 Å². The molecule has 0 aromatic carbocycles. The molecule has 0 fully saturated rings. The van der Waals surface area contributed by atoms with Crippen molar-refractivity contribution in [3.63, 3.8) is 0 Å². The van der Waals surface area contributed by atoms with Crippen LogP contribution in [-0.2, 0) is 19.8 Å². The standard InChI is InChI=1S/C12H24N4OS/c1-5-6-15-11(8-17)13-16(12(15)18)9-14(4)7-10(2)3/h10,17H,5-9H2,1-4H3. The SMILES string of the molecule is CCCn1c(CO)nn(CN(C)CC(C)C)c1=S. The van der Waals surface area contributed by atoms with Crippen LogP contribution in [-0.4, -0.2) is 37.9 Å². The molecule has 0 saturated heterocycles. The summed E-state index contributed by atoms with van der Waals surface area (Å²) in [7, 11) is 2.05. The van der Waals surface area contributed by atoms with Crippen LogP contribution < -0.4 is 0 Å². The van der Waals surface area contributed by atoms with E-state index < -0.39 is 0 Å². The molecule has 18 heavy (non-hydrogen) atoms. The van der Waals surface area contributed by atoms with E-state index in [4.69, 9.17) is 12.2 Å². The molecule has 1 N–H and O–H groups in total. The minimum atomic E-state index is -0.0649. The van der Waals surface area contributed by atoms with E-state index in [2.05, 4.69) is 37.8 Å². The minimum absolute atomic E-state index is 0.0649. The Labute approximate surface area is 114 Å². The molecule has 104 valence electrons. The highest BCUT2D eigenvalue weighted by Gasteiger charge is 2.11. The molecule has 0 amide bonds. The van der Waals surface area contributed by atoms with Crippen molar-refractivity contribution in [2.75, 3.05) is 13.6 Å². The highest BCUT2D eigenvalue weighted by molar-refractivity contribution is 7.71. The number of hydrogen-bond donors (Lipinski definition) is 1. The van der Waals surface area contributed by atoms with E-state index in [9.17, 15) is 5.11 Å². The molecule has 0 unspecified atom stereocenters. The van der Waals surface area contributed by atoms with Gasteiger partial charge in [0.15, 0.2) is 10.6 Å². The molecule has 0 saturated carbocycles. The van der Waals surface area contributed by atoms with Crippen molar-refractivity contribution in [3.8, 4) is 0 Å².